The molecule has 4 rings (SSSR count). The van der Waals surface area contributed by atoms with Gasteiger partial charge in [-0.15, -0.1) is 24.0 Å². The molecule has 0 saturated carbocycles. The molecule has 0 aliphatic heterocycles. The summed E-state index contributed by atoms with van der Waals surface area (Å²) in [4.78, 5) is 29.6. The number of alkyl halides is 1. The highest BCUT2D eigenvalue weighted by Gasteiger charge is 2.04. The van der Waals surface area contributed by atoms with E-state index < -0.39 is 0 Å². The number of nitrogens with one attached hydrogen (secondary N) is 1. The number of aromatic nitrogens is 2. The Labute approximate surface area is 211 Å². The smallest absolute Gasteiger partial charge is 0.174 e. The van der Waals surface area contributed by atoms with Crippen LogP contribution in [0.5, 0.6) is 0 Å². The zero-order valence-corrected chi connectivity index (χ0v) is 20.7. The highest BCUT2D eigenvalue weighted by atomic mass is 35.5. The molecule has 0 unspecified atom stereocenters. The van der Waals surface area contributed by atoms with Gasteiger partial charge < -0.3 is 18.6 Å². The van der Waals surface area contributed by atoms with E-state index in [1.165, 1.54) is 0 Å². The second-order valence-electron chi connectivity index (χ2n) is 7.08. The van der Waals surface area contributed by atoms with E-state index in [0.717, 1.165) is 32.7 Å². The number of pyridine rings is 2. The first-order valence-corrected chi connectivity index (χ1v) is 10.4. The summed E-state index contributed by atoms with van der Waals surface area (Å²) < 4.78 is 0. The fraction of sp³-hybridized carbons (Fsp3) is 0.200. The monoisotopic (exact) mass is 507 g/mol. The molecule has 0 aliphatic carbocycles. The maximum Gasteiger partial charge on any atom is 0.174 e. The SMILES string of the molecule is CCC(=O)Cc1ccc2cnccc2c1.Cl.N.O=C(CCl)Cc1ccc2c[nH+]ccc2c1.[Cl-]. The zero-order chi connectivity index (χ0) is 21.3. The fourth-order valence-electron chi connectivity index (χ4n) is 3.16. The molecule has 0 bridgehead atoms. The second kappa shape index (κ2) is 15.3. The molecule has 0 fully saturated rings. The van der Waals surface area contributed by atoms with Crippen LogP contribution < -0.4 is 23.5 Å². The van der Waals surface area contributed by atoms with Crippen LogP contribution in [0.2, 0.25) is 0 Å². The normalized spacial score (nSPS) is 9.52. The summed E-state index contributed by atoms with van der Waals surface area (Å²) in [5, 5.41) is 4.53. The highest BCUT2D eigenvalue weighted by molar-refractivity contribution is 6.27. The van der Waals surface area contributed by atoms with E-state index in [-0.39, 0.29) is 48.4 Å². The summed E-state index contributed by atoms with van der Waals surface area (Å²) in [5.74, 6) is 0.419. The van der Waals surface area contributed by atoms with Gasteiger partial charge in [0, 0.05) is 48.5 Å². The van der Waals surface area contributed by atoms with Crippen LogP contribution in [-0.4, -0.2) is 22.4 Å². The molecule has 0 saturated heterocycles. The van der Waals surface area contributed by atoms with E-state index in [0.29, 0.717) is 19.3 Å². The van der Waals surface area contributed by atoms with E-state index in [1.54, 1.807) is 6.20 Å². The van der Waals surface area contributed by atoms with E-state index in [4.69, 9.17) is 11.6 Å². The van der Waals surface area contributed by atoms with Crippen LogP contribution in [0.4, 0.5) is 0 Å². The average Bonchev–Trinajstić information content (AvgIpc) is 2.79. The lowest BCUT2D eigenvalue weighted by molar-refractivity contribution is -0.375. The fourth-order valence-corrected chi connectivity index (χ4v) is 3.25. The summed E-state index contributed by atoms with van der Waals surface area (Å²) in [6.45, 7) is 1.90. The predicted molar refractivity (Wildman–Crippen MR) is 133 cm³/mol. The molecule has 2 aromatic heterocycles. The average molecular weight is 509 g/mol. The Bertz CT molecular complexity index is 1090. The molecule has 2 aromatic carbocycles. The molecule has 4 N–H and O–H groups in total. The van der Waals surface area contributed by atoms with Crippen LogP contribution in [0.3, 0.4) is 0 Å². The van der Waals surface area contributed by atoms with Gasteiger partial charge in [0.25, 0.3) is 0 Å². The summed E-state index contributed by atoms with van der Waals surface area (Å²) in [5.41, 5.74) is 2.10. The van der Waals surface area contributed by atoms with Gasteiger partial charge in [0.2, 0.25) is 0 Å². The number of carbonyl (C=O) groups is 2. The Morgan fingerprint density at radius 3 is 2.12 bits per heavy atom. The Morgan fingerprint density at radius 1 is 0.879 bits per heavy atom. The molecule has 176 valence electrons. The summed E-state index contributed by atoms with van der Waals surface area (Å²) in [6, 6.07) is 16.0. The van der Waals surface area contributed by atoms with Crippen molar-refractivity contribution in [3.05, 3.63) is 84.4 Å². The Morgan fingerprint density at radius 2 is 1.48 bits per heavy atom. The van der Waals surface area contributed by atoms with E-state index >= 15 is 0 Å². The van der Waals surface area contributed by atoms with Crippen LogP contribution >= 0.6 is 24.0 Å². The lowest BCUT2D eigenvalue weighted by Gasteiger charge is -2.01. The highest BCUT2D eigenvalue weighted by Crippen LogP contribution is 2.15. The topological polar surface area (TPSA) is 96.2 Å². The third kappa shape index (κ3) is 9.06. The van der Waals surface area contributed by atoms with Crippen molar-refractivity contribution in [2.45, 2.75) is 26.2 Å². The molecule has 4 aromatic rings. The van der Waals surface area contributed by atoms with E-state index in [1.807, 2.05) is 68.0 Å². The van der Waals surface area contributed by atoms with Crippen molar-refractivity contribution in [3.63, 3.8) is 0 Å². The molecule has 5 nitrogen and oxygen atoms in total. The number of halogens is 3. The number of benzene rings is 2. The predicted octanol–water partition coefficient (Wildman–Crippen LogP) is 2.35. The van der Waals surface area contributed by atoms with Gasteiger partial charge in [0.1, 0.15) is 5.78 Å². The number of nitrogens with zero attached hydrogens (tertiary/aromatic N) is 1. The van der Waals surface area contributed by atoms with Gasteiger partial charge in [-0.3, -0.25) is 14.6 Å². The third-order valence-corrected chi connectivity index (χ3v) is 5.10. The molecule has 0 radical (unpaired) electrons. The van der Waals surface area contributed by atoms with Crippen LogP contribution in [0, 0.1) is 0 Å². The number of Topliss-reactive ketones (excluding diaryl/α,β-unsaturated/α-hetero) is 2. The number of rotatable bonds is 6. The van der Waals surface area contributed by atoms with Gasteiger partial charge in [-0.2, -0.15) is 0 Å². The quantitative estimate of drug-likeness (QED) is 0.404. The molecule has 33 heavy (non-hydrogen) atoms. The summed E-state index contributed by atoms with van der Waals surface area (Å²) in [6.07, 6.45) is 8.97. The Balaban J connectivity index is 0.000000569. The van der Waals surface area contributed by atoms with Crippen LogP contribution in [0.15, 0.2) is 73.3 Å². The van der Waals surface area contributed by atoms with Crippen molar-refractivity contribution in [2.75, 3.05) is 5.88 Å². The molecule has 0 atom stereocenters. The van der Waals surface area contributed by atoms with Gasteiger partial charge >= 0.3 is 0 Å². The minimum atomic E-state index is 0. The van der Waals surface area contributed by atoms with Gasteiger partial charge in [-0.05, 0) is 34.0 Å². The third-order valence-electron chi connectivity index (χ3n) is 4.80. The number of carbonyl (C=O) groups excluding carboxylic acids is 2. The summed E-state index contributed by atoms with van der Waals surface area (Å²) in [7, 11) is 0. The first-order valence-electron chi connectivity index (χ1n) is 9.90. The number of hydrogen-bond donors (Lipinski definition) is 1. The molecular weight excluding hydrogens is 481 g/mol. The second-order valence-corrected chi connectivity index (χ2v) is 7.35. The van der Waals surface area contributed by atoms with Crippen LogP contribution in [0.25, 0.3) is 21.5 Å². The molecule has 2 heterocycles. The summed E-state index contributed by atoms with van der Waals surface area (Å²) >= 11 is 5.47. The van der Waals surface area contributed by atoms with Gasteiger partial charge in [0.05, 0.1) is 5.88 Å². The van der Waals surface area contributed by atoms with Gasteiger partial charge in [-0.1, -0.05) is 37.3 Å². The van der Waals surface area contributed by atoms with Crippen molar-refractivity contribution in [1.29, 1.82) is 0 Å². The number of H-pyrrole nitrogens is 1. The Kier molecular flexibility index (Phi) is 14.1. The number of ketones is 2. The maximum atomic E-state index is 11.3. The van der Waals surface area contributed by atoms with Crippen molar-refractivity contribution in [1.82, 2.24) is 11.1 Å². The molecule has 8 heteroatoms. The maximum absolute atomic E-state index is 11.3. The molecule has 0 amide bonds. The first kappa shape index (κ1) is 30.4. The van der Waals surface area contributed by atoms with Crippen molar-refractivity contribution < 1.29 is 27.0 Å². The van der Waals surface area contributed by atoms with E-state index in [9.17, 15) is 9.59 Å². The van der Waals surface area contributed by atoms with Crippen molar-refractivity contribution in [2.24, 2.45) is 0 Å². The standard InChI is InChI=1S/C13H13NO.C12H10ClNO.2ClH.H3N/c1-2-13(15)8-10-3-4-12-9-14-6-5-11(12)7-10;13-7-12(15)6-9-1-2-11-8-14-4-3-10(11)5-9;;;/h3-7,9H,2,8H2,1H3;1-5,8H,6-7H2;2*1H;1H3. The minimum Gasteiger partial charge on any atom is -1.00 e. The van der Waals surface area contributed by atoms with Gasteiger partial charge in [0.15, 0.2) is 18.2 Å². The van der Waals surface area contributed by atoms with Crippen molar-refractivity contribution in [3.8, 4) is 0 Å². The lowest BCUT2D eigenvalue weighted by Crippen LogP contribution is -3.00. The number of fused-ring (bicyclic) bond motifs is 2. The van der Waals surface area contributed by atoms with Crippen LogP contribution in [-0.2, 0) is 22.4 Å². The molecular formula is C25H28Cl3N3O2. The largest absolute Gasteiger partial charge is 1.00 e. The number of hydrogen-bond acceptors (Lipinski definition) is 4. The van der Waals surface area contributed by atoms with Crippen LogP contribution in [0.1, 0.15) is 24.5 Å². The first-order chi connectivity index (χ1) is 14.6. The minimum absolute atomic E-state index is 0. The molecule has 0 aliphatic rings. The Hall–Kier alpha value is -2.57. The van der Waals surface area contributed by atoms with Gasteiger partial charge in [-0.25, -0.2) is 4.98 Å². The number of aromatic amines is 1. The molecule has 0 spiro atoms. The lowest BCUT2D eigenvalue weighted by atomic mass is 10.0. The van der Waals surface area contributed by atoms with Crippen molar-refractivity contribution >= 4 is 57.1 Å². The van der Waals surface area contributed by atoms with E-state index in [2.05, 4.69) is 16.0 Å². The zero-order valence-electron chi connectivity index (χ0n) is 18.4.